The second-order valence-electron chi connectivity index (χ2n) is 3.37. The predicted octanol–water partition coefficient (Wildman–Crippen LogP) is 3.63. The van der Waals surface area contributed by atoms with E-state index in [0.29, 0.717) is 5.56 Å². The van der Waals surface area contributed by atoms with Crippen LogP contribution in [0, 0.1) is 5.82 Å². The Morgan fingerprint density at radius 2 is 2.12 bits per heavy atom. The highest BCUT2D eigenvalue weighted by atomic mass is 79.9. The zero-order valence-corrected chi connectivity index (χ0v) is 11.1. The summed E-state index contributed by atoms with van der Waals surface area (Å²) < 4.78 is 14.1. The Morgan fingerprint density at radius 3 is 2.76 bits per heavy atom. The van der Waals surface area contributed by atoms with E-state index in [1.807, 2.05) is 12.1 Å². The molecular weight excluding hydrogens is 305 g/mol. The smallest absolute Gasteiger partial charge is 0.124 e. The Hall–Kier alpha value is -0.910. The lowest BCUT2D eigenvalue weighted by Gasteiger charge is -2.03. The maximum absolute atomic E-state index is 13.2. The van der Waals surface area contributed by atoms with Crippen molar-refractivity contribution in [1.82, 2.24) is 4.98 Å². The average Bonchev–Trinajstić information content (AvgIpc) is 2.31. The molecule has 5 heteroatoms. The first-order chi connectivity index (χ1) is 8.17. The molecule has 0 saturated heterocycles. The van der Waals surface area contributed by atoms with Crippen LogP contribution in [0.25, 0.3) is 0 Å². The van der Waals surface area contributed by atoms with Crippen LogP contribution in [0.3, 0.4) is 0 Å². The molecule has 1 heterocycles. The average molecular weight is 314 g/mol. The SMILES string of the molecule is OCc1cc(F)cc(Sc2ccc(Br)cn2)c1. The molecule has 0 amide bonds. The third-order valence-electron chi connectivity index (χ3n) is 2.04. The van der Waals surface area contributed by atoms with Gasteiger partial charge in [-0.05, 0) is 51.8 Å². The maximum Gasteiger partial charge on any atom is 0.124 e. The summed E-state index contributed by atoms with van der Waals surface area (Å²) in [7, 11) is 0. The fourth-order valence-corrected chi connectivity index (χ4v) is 2.41. The van der Waals surface area contributed by atoms with Crippen molar-refractivity contribution in [3.8, 4) is 0 Å². The summed E-state index contributed by atoms with van der Waals surface area (Å²) in [6.45, 7) is -0.168. The van der Waals surface area contributed by atoms with Crippen molar-refractivity contribution >= 4 is 27.7 Å². The molecule has 1 aromatic heterocycles. The van der Waals surface area contributed by atoms with Gasteiger partial charge in [0.2, 0.25) is 0 Å². The molecule has 2 aromatic rings. The van der Waals surface area contributed by atoms with E-state index in [2.05, 4.69) is 20.9 Å². The predicted molar refractivity (Wildman–Crippen MR) is 68.4 cm³/mol. The van der Waals surface area contributed by atoms with Crippen molar-refractivity contribution in [3.63, 3.8) is 0 Å². The van der Waals surface area contributed by atoms with E-state index in [9.17, 15) is 4.39 Å². The van der Waals surface area contributed by atoms with Gasteiger partial charge in [-0.15, -0.1) is 0 Å². The number of rotatable bonds is 3. The normalized spacial score (nSPS) is 10.5. The first kappa shape index (κ1) is 12.5. The van der Waals surface area contributed by atoms with Crippen LogP contribution < -0.4 is 0 Å². The Morgan fingerprint density at radius 1 is 1.29 bits per heavy atom. The van der Waals surface area contributed by atoms with Crippen molar-refractivity contribution in [2.24, 2.45) is 0 Å². The van der Waals surface area contributed by atoms with Crippen LogP contribution in [0.4, 0.5) is 4.39 Å². The Labute approximate surface area is 111 Å². The van der Waals surface area contributed by atoms with Gasteiger partial charge >= 0.3 is 0 Å². The number of benzene rings is 1. The van der Waals surface area contributed by atoms with Crippen LogP contribution >= 0.6 is 27.7 Å². The van der Waals surface area contributed by atoms with Gasteiger partial charge in [0.15, 0.2) is 0 Å². The molecule has 0 aliphatic carbocycles. The number of aliphatic hydroxyl groups excluding tert-OH is 1. The van der Waals surface area contributed by atoms with Crippen LogP contribution in [0.15, 0.2) is 50.9 Å². The summed E-state index contributed by atoms with van der Waals surface area (Å²) in [5.74, 6) is -0.351. The molecule has 0 radical (unpaired) electrons. The van der Waals surface area contributed by atoms with Gasteiger partial charge in [0.25, 0.3) is 0 Å². The number of aromatic nitrogens is 1. The summed E-state index contributed by atoms with van der Waals surface area (Å²) >= 11 is 4.66. The van der Waals surface area contributed by atoms with Gasteiger partial charge in [-0.1, -0.05) is 11.8 Å². The van der Waals surface area contributed by atoms with Gasteiger partial charge in [-0.25, -0.2) is 9.37 Å². The monoisotopic (exact) mass is 313 g/mol. The second-order valence-corrected chi connectivity index (χ2v) is 5.38. The second kappa shape index (κ2) is 5.62. The lowest BCUT2D eigenvalue weighted by atomic mass is 10.2. The Kier molecular flexibility index (Phi) is 4.15. The highest BCUT2D eigenvalue weighted by molar-refractivity contribution is 9.10. The van der Waals surface area contributed by atoms with Gasteiger partial charge in [-0.3, -0.25) is 0 Å². The molecule has 2 rings (SSSR count). The van der Waals surface area contributed by atoms with E-state index >= 15 is 0 Å². The summed E-state index contributed by atoms with van der Waals surface area (Å²) in [5, 5.41) is 9.77. The van der Waals surface area contributed by atoms with Crippen molar-refractivity contribution in [3.05, 3.63) is 52.4 Å². The minimum absolute atomic E-state index is 0.168. The highest BCUT2D eigenvalue weighted by Gasteiger charge is 2.03. The van der Waals surface area contributed by atoms with E-state index in [1.54, 1.807) is 12.3 Å². The number of pyridine rings is 1. The largest absolute Gasteiger partial charge is 0.392 e. The fraction of sp³-hybridized carbons (Fsp3) is 0.0833. The van der Waals surface area contributed by atoms with Crippen LogP contribution in [0.5, 0.6) is 0 Å². The van der Waals surface area contributed by atoms with Crippen LogP contribution in [0.2, 0.25) is 0 Å². The molecule has 0 atom stereocenters. The number of halogens is 2. The molecule has 0 spiro atoms. The molecule has 0 unspecified atom stereocenters. The number of hydrogen-bond acceptors (Lipinski definition) is 3. The van der Waals surface area contributed by atoms with Crippen molar-refractivity contribution in [2.45, 2.75) is 16.5 Å². The number of nitrogens with zero attached hydrogens (tertiary/aromatic N) is 1. The number of hydrogen-bond donors (Lipinski definition) is 1. The minimum atomic E-state index is -0.351. The zero-order valence-electron chi connectivity index (χ0n) is 8.73. The quantitative estimate of drug-likeness (QED) is 0.939. The van der Waals surface area contributed by atoms with Gasteiger partial charge in [0.05, 0.1) is 6.61 Å². The van der Waals surface area contributed by atoms with Gasteiger partial charge < -0.3 is 5.11 Å². The van der Waals surface area contributed by atoms with Crippen molar-refractivity contribution in [2.75, 3.05) is 0 Å². The first-order valence-electron chi connectivity index (χ1n) is 4.87. The van der Waals surface area contributed by atoms with Crippen LogP contribution in [0.1, 0.15) is 5.56 Å². The zero-order chi connectivity index (χ0) is 12.3. The van der Waals surface area contributed by atoms with Gasteiger partial charge in [-0.2, -0.15) is 0 Å². The molecule has 88 valence electrons. The van der Waals surface area contributed by atoms with E-state index in [4.69, 9.17) is 5.11 Å². The van der Waals surface area contributed by atoms with Gasteiger partial charge in [0.1, 0.15) is 10.8 Å². The van der Waals surface area contributed by atoms with E-state index in [1.165, 1.54) is 23.9 Å². The molecule has 2 nitrogen and oxygen atoms in total. The fourth-order valence-electron chi connectivity index (χ4n) is 1.31. The molecule has 1 aromatic carbocycles. The van der Waals surface area contributed by atoms with Crippen LogP contribution in [-0.2, 0) is 6.61 Å². The van der Waals surface area contributed by atoms with E-state index < -0.39 is 0 Å². The highest BCUT2D eigenvalue weighted by Crippen LogP contribution is 2.28. The summed E-state index contributed by atoms with van der Waals surface area (Å²) in [6.07, 6.45) is 1.69. The van der Waals surface area contributed by atoms with E-state index in [0.717, 1.165) is 14.4 Å². The molecule has 1 N–H and O–H groups in total. The van der Waals surface area contributed by atoms with Crippen LogP contribution in [-0.4, -0.2) is 10.1 Å². The van der Waals surface area contributed by atoms with Crippen molar-refractivity contribution in [1.29, 1.82) is 0 Å². The summed E-state index contributed by atoms with van der Waals surface area (Å²) in [5.41, 5.74) is 0.560. The topological polar surface area (TPSA) is 33.1 Å². The summed E-state index contributed by atoms with van der Waals surface area (Å²) in [6, 6.07) is 8.21. The van der Waals surface area contributed by atoms with Crippen molar-refractivity contribution < 1.29 is 9.50 Å². The molecule has 17 heavy (non-hydrogen) atoms. The summed E-state index contributed by atoms with van der Waals surface area (Å²) in [4.78, 5) is 4.92. The third kappa shape index (κ3) is 3.52. The number of aliphatic hydroxyl groups is 1. The first-order valence-corrected chi connectivity index (χ1v) is 6.48. The Bertz CT molecular complexity index is 518. The Balaban J connectivity index is 2.23. The van der Waals surface area contributed by atoms with Gasteiger partial charge in [0, 0.05) is 15.6 Å². The lowest BCUT2D eigenvalue weighted by molar-refractivity contribution is 0.281. The molecular formula is C12H9BrFNOS. The molecule has 0 aliphatic rings. The standard InChI is InChI=1S/C12H9BrFNOS/c13-9-1-2-12(15-6-9)17-11-4-8(7-16)3-10(14)5-11/h1-6,16H,7H2. The maximum atomic E-state index is 13.2. The molecule has 0 fully saturated rings. The molecule has 0 bridgehead atoms. The minimum Gasteiger partial charge on any atom is -0.392 e. The third-order valence-corrected chi connectivity index (χ3v) is 3.43. The molecule has 0 aliphatic heterocycles. The lowest BCUT2D eigenvalue weighted by Crippen LogP contribution is -1.87. The molecule has 0 saturated carbocycles. The van der Waals surface area contributed by atoms with E-state index in [-0.39, 0.29) is 12.4 Å².